The summed E-state index contributed by atoms with van der Waals surface area (Å²) in [5.74, 6) is 0.485. The molecule has 0 bridgehead atoms. The lowest BCUT2D eigenvalue weighted by atomic mass is 10.1. The van der Waals surface area contributed by atoms with Crippen molar-refractivity contribution in [1.29, 1.82) is 0 Å². The Morgan fingerprint density at radius 3 is 2.67 bits per heavy atom. The highest BCUT2D eigenvalue weighted by molar-refractivity contribution is 5.71. The molecule has 1 aliphatic rings. The van der Waals surface area contributed by atoms with E-state index in [2.05, 4.69) is 4.98 Å². The first kappa shape index (κ1) is 11.2. The molecule has 1 aromatic carbocycles. The summed E-state index contributed by atoms with van der Waals surface area (Å²) in [6, 6.07) is 3.43. The van der Waals surface area contributed by atoms with E-state index in [1.165, 1.54) is 12.1 Å². The molecule has 94 valence electrons. The van der Waals surface area contributed by atoms with E-state index in [-0.39, 0.29) is 5.56 Å². The largest absolute Gasteiger partial charge is 0.383 e. The summed E-state index contributed by atoms with van der Waals surface area (Å²) in [4.78, 5) is 4.41. The lowest BCUT2D eigenvalue weighted by molar-refractivity contribution is 0.585. The summed E-state index contributed by atoms with van der Waals surface area (Å²) < 4.78 is 28.4. The second-order valence-corrected chi connectivity index (χ2v) is 4.66. The minimum atomic E-state index is -0.637. The van der Waals surface area contributed by atoms with Gasteiger partial charge in [-0.05, 0) is 25.0 Å². The van der Waals surface area contributed by atoms with Gasteiger partial charge in [0.25, 0.3) is 0 Å². The van der Waals surface area contributed by atoms with Crippen molar-refractivity contribution < 1.29 is 8.78 Å². The molecule has 0 radical (unpaired) electrons. The number of rotatable bonds is 2. The number of hydrogen-bond donors (Lipinski definition) is 1. The van der Waals surface area contributed by atoms with Crippen LogP contribution in [-0.4, -0.2) is 9.55 Å². The quantitative estimate of drug-likeness (QED) is 0.889. The van der Waals surface area contributed by atoms with E-state index in [4.69, 9.17) is 5.73 Å². The number of hydrogen-bond acceptors (Lipinski definition) is 2. The molecule has 1 fully saturated rings. The maximum Gasteiger partial charge on any atom is 0.135 e. The molecule has 1 aliphatic carbocycles. The smallest absolute Gasteiger partial charge is 0.135 e. The molecule has 3 rings (SSSR count). The number of nitrogens with zero attached hydrogens (tertiary/aromatic N) is 2. The minimum Gasteiger partial charge on any atom is -0.383 e. The Morgan fingerprint density at radius 2 is 2.06 bits per heavy atom. The predicted octanol–water partition coefficient (Wildman–Crippen LogP) is 2.82. The standard InChI is InChI=1S/C13H13F2N3/c1-18-12(16)11(17-13(18)7-2-3-7)9-5-4-8(14)6-10(9)15/h4-7H,2-3,16H2,1H3. The lowest BCUT2D eigenvalue weighted by Gasteiger charge is -2.02. The second-order valence-electron chi connectivity index (χ2n) is 4.66. The third-order valence-electron chi connectivity index (χ3n) is 3.30. The van der Waals surface area contributed by atoms with Gasteiger partial charge in [-0.3, -0.25) is 0 Å². The fourth-order valence-corrected chi connectivity index (χ4v) is 2.12. The van der Waals surface area contributed by atoms with Crippen molar-refractivity contribution in [1.82, 2.24) is 9.55 Å². The van der Waals surface area contributed by atoms with Crippen LogP contribution in [0.4, 0.5) is 14.6 Å². The van der Waals surface area contributed by atoms with Crippen molar-refractivity contribution >= 4 is 5.82 Å². The van der Waals surface area contributed by atoms with Gasteiger partial charge < -0.3 is 10.3 Å². The maximum atomic E-state index is 13.7. The molecule has 0 unspecified atom stereocenters. The highest BCUT2D eigenvalue weighted by atomic mass is 19.1. The molecule has 0 amide bonds. The normalized spacial score (nSPS) is 15.1. The third-order valence-corrected chi connectivity index (χ3v) is 3.30. The molecule has 0 saturated heterocycles. The minimum absolute atomic E-state index is 0.247. The van der Waals surface area contributed by atoms with Crippen molar-refractivity contribution in [3.05, 3.63) is 35.7 Å². The number of nitrogens with two attached hydrogens (primary N) is 1. The summed E-state index contributed by atoms with van der Waals surface area (Å²) in [7, 11) is 1.82. The van der Waals surface area contributed by atoms with Crippen LogP contribution >= 0.6 is 0 Å². The van der Waals surface area contributed by atoms with Gasteiger partial charge >= 0.3 is 0 Å². The molecule has 5 heteroatoms. The fraction of sp³-hybridized carbons (Fsp3) is 0.308. The summed E-state index contributed by atoms with van der Waals surface area (Å²) in [5.41, 5.74) is 6.59. The van der Waals surface area contributed by atoms with E-state index in [1.54, 1.807) is 4.57 Å². The predicted molar refractivity (Wildman–Crippen MR) is 64.9 cm³/mol. The molecule has 1 saturated carbocycles. The zero-order valence-corrected chi connectivity index (χ0v) is 9.95. The second kappa shape index (κ2) is 3.80. The lowest BCUT2D eigenvalue weighted by Crippen LogP contribution is -2.00. The van der Waals surface area contributed by atoms with Gasteiger partial charge in [-0.2, -0.15) is 0 Å². The third kappa shape index (κ3) is 1.66. The first-order valence-electron chi connectivity index (χ1n) is 5.85. The molecule has 0 atom stereocenters. The number of anilines is 1. The number of aromatic nitrogens is 2. The highest BCUT2D eigenvalue weighted by Gasteiger charge is 2.30. The van der Waals surface area contributed by atoms with Gasteiger partial charge in [0, 0.05) is 24.6 Å². The molecule has 1 heterocycles. The molecule has 1 aromatic heterocycles. The van der Waals surface area contributed by atoms with Crippen molar-refractivity contribution in [3.8, 4) is 11.3 Å². The Kier molecular flexibility index (Phi) is 2.36. The Bertz CT molecular complexity index is 615. The Hall–Kier alpha value is -1.91. The number of imidazole rings is 1. The summed E-state index contributed by atoms with van der Waals surface area (Å²) >= 11 is 0. The Labute approximate surface area is 103 Å². The summed E-state index contributed by atoms with van der Waals surface area (Å²) in [6.45, 7) is 0. The van der Waals surface area contributed by atoms with Gasteiger partial charge in [0.1, 0.15) is 29.0 Å². The van der Waals surface area contributed by atoms with Crippen LogP contribution in [0.25, 0.3) is 11.3 Å². The van der Waals surface area contributed by atoms with Crippen LogP contribution in [0.1, 0.15) is 24.6 Å². The van der Waals surface area contributed by atoms with Crippen LogP contribution in [0.15, 0.2) is 18.2 Å². The topological polar surface area (TPSA) is 43.8 Å². The van der Waals surface area contributed by atoms with Gasteiger partial charge in [0.2, 0.25) is 0 Å². The zero-order valence-electron chi connectivity index (χ0n) is 9.95. The van der Waals surface area contributed by atoms with Crippen molar-refractivity contribution in [2.24, 2.45) is 7.05 Å². The zero-order chi connectivity index (χ0) is 12.9. The molecule has 0 aliphatic heterocycles. The average molecular weight is 249 g/mol. The summed E-state index contributed by atoms with van der Waals surface area (Å²) in [6.07, 6.45) is 2.19. The molecular weight excluding hydrogens is 236 g/mol. The number of nitrogen functional groups attached to an aromatic ring is 1. The van der Waals surface area contributed by atoms with Gasteiger partial charge in [0.15, 0.2) is 0 Å². The molecule has 0 spiro atoms. The van der Waals surface area contributed by atoms with E-state index in [1.807, 2.05) is 7.05 Å². The Morgan fingerprint density at radius 1 is 1.33 bits per heavy atom. The van der Waals surface area contributed by atoms with Crippen LogP contribution in [0.2, 0.25) is 0 Å². The SMILES string of the molecule is Cn1c(C2CC2)nc(-c2ccc(F)cc2F)c1N. The molecule has 2 aromatic rings. The molecule has 3 nitrogen and oxygen atoms in total. The van der Waals surface area contributed by atoms with Crippen LogP contribution in [0.5, 0.6) is 0 Å². The van der Waals surface area contributed by atoms with Crippen LogP contribution < -0.4 is 5.73 Å². The van der Waals surface area contributed by atoms with Crippen molar-refractivity contribution in [2.45, 2.75) is 18.8 Å². The van der Waals surface area contributed by atoms with Crippen LogP contribution in [0.3, 0.4) is 0 Å². The summed E-state index contributed by atoms with van der Waals surface area (Å²) in [5, 5.41) is 0. The molecule has 18 heavy (non-hydrogen) atoms. The van der Waals surface area contributed by atoms with E-state index in [9.17, 15) is 8.78 Å². The number of benzene rings is 1. The van der Waals surface area contributed by atoms with Gasteiger partial charge in [-0.25, -0.2) is 13.8 Å². The van der Waals surface area contributed by atoms with Crippen LogP contribution in [-0.2, 0) is 7.05 Å². The average Bonchev–Trinajstić information content (AvgIpc) is 3.11. The first-order valence-corrected chi connectivity index (χ1v) is 5.85. The van der Waals surface area contributed by atoms with Gasteiger partial charge in [-0.1, -0.05) is 0 Å². The van der Waals surface area contributed by atoms with Crippen molar-refractivity contribution in [3.63, 3.8) is 0 Å². The van der Waals surface area contributed by atoms with E-state index in [0.717, 1.165) is 24.7 Å². The van der Waals surface area contributed by atoms with E-state index >= 15 is 0 Å². The van der Waals surface area contributed by atoms with Crippen molar-refractivity contribution in [2.75, 3.05) is 5.73 Å². The Balaban J connectivity index is 2.13. The highest BCUT2D eigenvalue weighted by Crippen LogP contribution is 2.42. The molecular formula is C13H13F2N3. The number of halogens is 2. The van der Waals surface area contributed by atoms with Gasteiger partial charge in [-0.15, -0.1) is 0 Å². The monoisotopic (exact) mass is 249 g/mol. The van der Waals surface area contributed by atoms with Crippen LogP contribution in [0, 0.1) is 11.6 Å². The van der Waals surface area contributed by atoms with Gasteiger partial charge in [0.05, 0.1) is 0 Å². The van der Waals surface area contributed by atoms with E-state index < -0.39 is 11.6 Å². The first-order chi connectivity index (χ1) is 8.58. The maximum absolute atomic E-state index is 13.7. The fourth-order valence-electron chi connectivity index (χ4n) is 2.12. The van der Waals surface area contributed by atoms with E-state index in [0.29, 0.717) is 17.4 Å². The molecule has 2 N–H and O–H groups in total.